The Morgan fingerprint density at radius 3 is 2.33 bits per heavy atom. The molecule has 2 aromatic rings. The summed E-state index contributed by atoms with van der Waals surface area (Å²) in [5, 5.41) is 0. The monoisotopic (exact) mass is 484 g/mol. The summed E-state index contributed by atoms with van der Waals surface area (Å²) in [4.78, 5) is 0. The number of hydrogen-bond donors (Lipinski definition) is 0. The Morgan fingerprint density at radius 1 is 0.900 bits per heavy atom. The normalized spacial score (nSPS) is 19.6. The van der Waals surface area contributed by atoms with Crippen molar-refractivity contribution in [2.75, 3.05) is 6.61 Å². The highest BCUT2D eigenvalue weighted by Gasteiger charge is 2.37. The highest BCUT2D eigenvalue weighted by Crippen LogP contribution is 2.42. The maximum atomic E-state index is 13.3. The van der Waals surface area contributed by atoms with Crippen LogP contribution in [0, 0.1) is 5.92 Å². The maximum absolute atomic E-state index is 13.3. The van der Waals surface area contributed by atoms with Crippen LogP contribution in [0.2, 0.25) is 0 Å². The third kappa shape index (κ3) is 7.02. The molecule has 2 nitrogen and oxygen atoms in total. The zero-order valence-electron chi connectivity index (χ0n) is 17.0. The molecule has 3 rings (SSSR count). The van der Waals surface area contributed by atoms with Gasteiger partial charge in [-0.2, -0.15) is 13.2 Å². The van der Waals surface area contributed by atoms with Gasteiger partial charge < -0.3 is 9.47 Å². The van der Waals surface area contributed by atoms with E-state index in [2.05, 4.69) is 28.1 Å². The second-order valence-corrected chi connectivity index (χ2v) is 8.76. The molecule has 0 bridgehead atoms. The SMILES string of the molecule is FC(F)(F)c1c(Br)cccc1OC1CCC(CCCCOCc2ccccc2)CC1. The zero-order chi connectivity index (χ0) is 21.4. The van der Waals surface area contributed by atoms with Crippen molar-refractivity contribution in [3.8, 4) is 5.75 Å². The lowest BCUT2D eigenvalue weighted by atomic mass is 9.84. The van der Waals surface area contributed by atoms with Crippen LogP contribution in [-0.2, 0) is 17.5 Å². The Kier molecular flexibility index (Phi) is 8.63. The van der Waals surface area contributed by atoms with E-state index in [1.807, 2.05) is 18.2 Å². The number of alkyl halides is 3. The van der Waals surface area contributed by atoms with Gasteiger partial charge in [0.2, 0.25) is 0 Å². The van der Waals surface area contributed by atoms with Gasteiger partial charge in [0.25, 0.3) is 0 Å². The molecule has 1 saturated carbocycles. The third-order valence-electron chi connectivity index (χ3n) is 5.61. The summed E-state index contributed by atoms with van der Waals surface area (Å²) in [6.45, 7) is 1.41. The third-order valence-corrected chi connectivity index (χ3v) is 6.27. The summed E-state index contributed by atoms with van der Waals surface area (Å²) >= 11 is 3.01. The molecule has 0 amide bonds. The van der Waals surface area contributed by atoms with Gasteiger partial charge in [0, 0.05) is 11.1 Å². The Morgan fingerprint density at radius 2 is 1.63 bits per heavy atom. The van der Waals surface area contributed by atoms with Crippen LogP contribution < -0.4 is 4.74 Å². The molecule has 1 aliphatic rings. The predicted molar refractivity (Wildman–Crippen MR) is 115 cm³/mol. The molecule has 2 aromatic carbocycles. The van der Waals surface area contributed by atoms with Gasteiger partial charge in [-0.05, 0) is 55.7 Å². The van der Waals surface area contributed by atoms with Crippen LogP contribution in [0.3, 0.4) is 0 Å². The van der Waals surface area contributed by atoms with E-state index in [1.54, 1.807) is 6.07 Å². The molecule has 0 heterocycles. The number of hydrogen-bond acceptors (Lipinski definition) is 2. The van der Waals surface area contributed by atoms with E-state index in [1.165, 1.54) is 17.7 Å². The highest BCUT2D eigenvalue weighted by atomic mass is 79.9. The van der Waals surface area contributed by atoms with Crippen molar-refractivity contribution in [2.45, 2.75) is 63.8 Å². The van der Waals surface area contributed by atoms with Gasteiger partial charge in [-0.15, -0.1) is 0 Å². The minimum Gasteiger partial charge on any atom is -0.490 e. The number of ether oxygens (including phenoxy) is 2. The molecule has 1 aliphatic carbocycles. The van der Waals surface area contributed by atoms with Gasteiger partial charge >= 0.3 is 6.18 Å². The average molecular weight is 485 g/mol. The summed E-state index contributed by atoms with van der Waals surface area (Å²) in [7, 11) is 0. The van der Waals surface area contributed by atoms with Crippen molar-refractivity contribution in [2.24, 2.45) is 5.92 Å². The number of unbranched alkanes of at least 4 members (excludes halogenated alkanes) is 1. The van der Waals surface area contributed by atoms with E-state index in [-0.39, 0.29) is 16.3 Å². The standard InChI is InChI=1S/C24H28BrF3O2/c25-21-10-6-11-22(23(21)24(26,27)28)30-20-14-12-18(13-15-20)7-4-5-16-29-17-19-8-2-1-3-9-19/h1-3,6,8-11,18,20H,4-5,7,12-17H2. The minimum atomic E-state index is -4.44. The quantitative estimate of drug-likeness (QED) is 0.338. The molecule has 0 atom stereocenters. The van der Waals surface area contributed by atoms with Gasteiger partial charge in [0.05, 0.1) is 12.7 Å². The van der Waals surface area contributed by atoms with Crippen LogP contribution >= 0.6 is 15.9 Å². The van der Waals surface area contributed by atoms with Crippen molar-refractivity contribution in [3.63, 3.8) is 0 Å². The Bertz CT molecular complexity index is 772. The second kappa shape index (κ2) is 11.2. The molecule has 0 saturated heterocycles. The minimum absolute atomic E-state index is 0.0238. The van der Waals surface area contributed by atoms with Crippen molar-refractivity contribution in [1.29, 1.82) is 0 Å². The van der Waals surface area contributed by atoms with Crippen LogP contribution in [0.1, 0.15) is 56.1 Å². The van der Waals surface area contributed by atoms with Gasteiger partial charge in [-0.3, -0.25) is 0 Å². The summed E-state index contributed by atoms with van der Waals surface area (Å²) in [6.07, 6.45) is 2.34. The first kappa shape index (κ1) is 23.1. The van der Waals surface area contributed by atoms with Crippen LogP contribution in [0.4, 0.5) is 13.2 Å². The first-order chi connectivity index (χ1) is 14.4. The summed E-state index contributed by atoms with van der Waals surface area (Å²) in [5.74, 6) is 0.555. The molecule has 0 spiro atoms. The van der Waals surface area contributed by atoms with Crippen molar-refractivity contribution in [1.82, 2.24) is 0 Å². The van der Waals surface area contributed by atoms with Gasteiger partial charge in [0.15, 0.2) is 0 Å². The van der Waals surface area contributed by atoms with E-state index in [0.717, 1.165) is 51.6 Å². The lowest BCUT2D eigenvalue weighted by Gasteiger charge is -2.30. The first-order valence-electron chi connectivity index (χ1n) is 10.6. The lowest BCUT2D eigenvalue weighted by molar-refractivity contribution is -0.140. The van der Waals surface area contributed by atoms with Crippen molar-refractivity contribution < 1.29 is 22.6 Å². The molecular formula is C24H28BrF3O2. The smallest absolute Gasteiger partial charge is 0.421 e. The maximum Gasteiger partial charge on any atom is 0.421 e. The summed E-state index contributed by atoms with van der Waals surface area (Å²) in [5.41, 5.74) is 0.470. The molecule has 30 heavy (non-hydrogen) atoms. The van der Waals surface area contributed by atoms with Crippen molar-refractivity contribution >= 4 is 15.9 Å². The zero-order valence-corrected chi connectivity index (χ0v) is 18.6. The van der Waals surface area contributed by atoms with Crippen LogP contribution in [0.25, 0.3) is 0 Å². The van der Waals surface area contributed by atoms with Crippen LogP contribution in [-0.4, -0.2) is 12.7 Å². The van der Waals surface area contributed by atoms with E-state index < -0.39 is 11.7 Å². The van der Waals surface area contributed by atoms with E-state index in [0.29, 0.717) is 12.5 Å². The van der Waals surface area contributed by atoms with Gasteiger partial charge in [-0.25, -0.2) is 0 Å². The topological polar surface area (TPSA) is 18.5 Å². The van der Waals surface area contributed by atoms with Crippen LogP contribution in [0.15, 0.2) is 53.0 Å². The van der Waals surface area contributed by atoms with E-state index >= 15 is 0 Å². The average Bonchev–Trinajstić information content (AvgIpc) is 2.71. The fourth-order valence-electron chi connectivity index (χ4n) is 4.00. The van der Waals surface area contributed by atoms with Crippen LogP contribution in [0.5, 0.6) is 5.75 Å². The number of benzene rings is 2. The second-order valence-electron chi connectivity index (χ2n) is 7.91. The molecule has 0 radical (unpaired) electrons. The van der Waals surface area contributed by atoms with E-state index in [4.69, 9.17) is 9.47 Å². The fraction of sp³-hybridized carbons (Fsp3) is 0.500. The molecular weight excluding hydrogens is 457 g/mol. The largest absolute Gasteiger partial charge is 0.490 e. The highest BCUT2D eigenvalue weighted by molar-refractivity contribution is 9.10. The molecule has 0 aromatic heterocycles. The lowest BCUT2D eigenvalue weighted by Crippen LogP contribution is -2.25. The number of rotatable bonds is 9. The Balaban J connectivity index is 1.34. The van der Waals surface area contributed by atoms with Gasteiger partial charge in [0.1, 0.15) is 11.3 Å². The fourth-order valence-corrected chi connectivity index (χ4v) is 4.57. The Hall–Kier alpha value is -1.53. The summed E-state index contributed by atoms with van der Waals surface area (Å²) < 4.78 is 51.5. The molecule has 164 valence electrons. The van der Waals surface area contributed by atoms with E-state index in [9.17, 15) is 13.2 Å². The first-order valence-corrected chi connectivity index (χ1v) is 11.4. The molecule has 0 aliphatic heterocycles. The Labute approximate surface area is 184 Å². The predicted octanol–water partition coefficient (Wildman–Crippen LogP) is 7.79. The molecule has 1 fully saturated rings. The summed E-state index contributed by atoms with van der Waals surface area (Å²) in [6, 6.07) is 14.5. The molecule has 0 unspecified atom stereocenters. The van der Waals surface area contributed by atoms with Gasteiger partial charge in [-0.1, -0.05) is 65.2 Å². The number of halogens is 4. The molecule has 6 heteroatoms. The van der Waals surface area contributed by atoms with Crippen molar-refractivity contribution in [3.05, 3.63) is 64.1 Å². The molecule has 0 N–H and O–H groups in total.